The number of carbonyl (C=O) groups excluding carboxylic acids is 3. The van der Waals surface area contributed by atoms with E-state index in [9.17, 15) is 14.4 Å². The summed E-state index contributed by atoms with van der Waals surface area (Å²) in [5.41, 5.74) is 1.88. The molecule has 1 aromatic heterocycles. The predicted molar refractivity (Wildman–Crippen MR) is 126 cm³/mol. The maximum absolute atomic E-state index is 13.3. The SMILES string of the molecule is O=C(CN1C(=O)NC2(CCCc3ccccc32)C1=O)Nc1ncc(Cc2ccc(Cl)cc2)s1. The summed E-state index contributed by atoms with van der Waals surface area (Å²) >= 11 is 7.28. The number of aryl methyl sites for hydroxylation is 1. The number of halogens is 1. The molecule has 2 aromatic carbocycles. The number of benzene rings is 2. The summed E-state index contributed by atoms with van der Waals surface area (Å²) in [4.78, 5) is 44.9. The number of amides is 4. The summed E-state index contributed by atoms with van der Waals surface area (Å²) in [6.07, 6.45) is 4.55. The Balaban J connectivity index is 1.26. The Bertz CT molecular complexity index is 1240. The molecule has 168 valence electrons. The van der Waals surface area contributed by atoms with Crippen LogP contribution in [0.2, 0.25) is 5.02 Å². The van der Waals surface area contributed by atoms with Crippen molar-refractivity contribution in [3.63, 3.8) is 0 Å². The van der Waals surface area contributed by atoms with Crippen molar-refractivity contribution < 1.29 is 14.4 Å². The summed E-state index contributed by atoms with van der Waals surface area (Å²) in [6, 6.07) is 14.7. The van der Waals surface area contributed by atoms with E-state index in [2.05, 4.69) is 15.6 Å². The third-order valence-corrected chi connectivity index (χ3v) is 7.21. The first kappa shape index (κ1) is 21.6. The first-order chi connectivity index (χ1) is 15.9. The van der Waals surface area contributed by atoms with Crippen LogP contribution in [0.4, 0.5) is 9.93 Å². The van der Waals surface area contributed by atoms with Crippen LogP contribution in [-0.4, -0.2) is 34.3 Å². The van der Waals surface area contributed by atoms with Gasteiger partial charge in [-0.25, -0.2) is 9.78 Å². The predicted octanol–water partition coefficient (Wildman–Crippen LogP) is 4.11. The van der Waals surface area contributed by atoms with Gasteiger partial charge in [-0.2, -0.15) is 0 Å². The van der Waals surface area contributed by atoms with E-state index in [1.165, 1.54) is 11.3 Å². The molecule has 1 unspecified atom stereocenters. The summed E-state index contributed by atoms with van der Waals surface area (Å²) in [6.45, 7) is -0.360. The number of hydrogen-bond acceptors (Lipinski definition) is 5. The molecule has 1 fully saturated rings. The van der Waals surface area contributed by atoms with Gasteiger partial charge in [0.25, 0.3) is 5.91 Å². The molecule has 4 amide bonds. The Morgan fingerprint density at radius 3 is 2.79 bits per heavy atom. The second-order valence-electron chi connectivity index (χ2n) is 8.22. The molecule has 1 spiro atoms. The highest BCUT2D eigenvalue weighted by Crippen LogP contribution is 2.39. The molecule has 9 heteroatoms. The zero-order valence-corrected chi connectivity index (χ0v) is 19.2. The molecule has 33 heavy (non-hydrogen) atoms. The van der Waals surface area contributed by atoms with E-state index in [4.69, 9.17) is 11.6 Å². The zero-order chi connectivity index (χ0) is 23.0. The number of carbonyl (C=O) groups is 3. The van der Waals surface area contributed by atoms with Gasteiger partial charge in [-0.15, -0.1) is 11.3 Å². The minimum absolute atomic E-state index is 0.360. The van der Waals surface area contributed by atoms with Crippen molar-refractivity contribution in [2.75, 3.05) is 11.9 Å². The molecule has 5 rings (SSSR count). The number of anilines is 1. The van der Waals surface area contributed by atoms with E-state index in [1.54, 1.807) is 6.20 Å². The standard InChI is InChI=1S/C24H21ClN4O3S/c25-17-9-7-15(8-10-17)12-18-13-26-22(33-18)27-20(30)14-29-21(31)24(28-23(29)32)11-3-5-16-4-1-2-6-19(16)24/h1-2,4,6-10,13H,3,5,11-12,14H2,(H,28,32)(H,26,27,30). The molecule has 2 heterocycles. The third kappa shape index (κ3) is 4.12. The Labute approximate surface area is 199 Å². The maximum atomic E-state index is 13.3. The highest BCUT2D eigenvalue weighted by atomic mass is 35.5. The monoisotopic (exact) mass is 480 g/mol. The molecule has 0 bridgehead atoms. The largest absolute Gasteiger partial charge is 0.325 e. The molecular formula is C24H21ClN4O3S. The first-order valence-corrected chi connectivity index (χ1v) is 11.9. The fraction of sp³-hybridized carbons (Fsp3) is 0.250. The number of hydrogen-bond donors (Lipinski definition) is 2. The Hall–Kier alpha value is -3.23. The molecule has 7 nitrogen and oxygen atoms in total. The Kier molecular flexibility index (Phi) is 5.64. The Morgan fingerprint density at radius 2 is 1.97 bits per heavy atom. The molecule has 1 aliphatic heterocycles. The highest BCUT2D eigenvalue weighted by molar-refractivity contribution is 7.15. The highest BCUT2D eigenvalue weighted by Gasteiger charge is 2.54. The smallest absolute Gasteiger partial charge is 0.319 e. The van der Waals surface area contributed by atoms with Crippen molar-refractivity contribution >= 4 is 45.9 Å². The van der Waals surface area contributed by atoms with Crippen molar-refractivity contribution in [2.24, 2.45) is 0 Å². The molecule has 1 saturated heterocycles. The minimum Gasteiger partial charge on any atom is -0.319 e. The van der Waals surface area contributed by atoms with Crippen LogP contribution in [0.25, 0.3) is 0 Å². The van der Waals surface area contributed by atoms with Crippen LogP contribution < -0.4 is 10.6 Å². The van der Waals surface area contributed by atoms with E-state index in [1.807, 2.05) is 48.5 Å². The van der Waals surface area contributed by atoms with E-state index >= 15 is 0 Å². The maximum Gasteiger partial charge on any atom is 0.325 e. The van der Waals surface area contributed by atoms with Crippen LogP contribution in [0.3, 0.4) is 0 Å². The number of imide groups is 1. The molecule has 2 aliphatic rings. The van der Waals surface area contributed by atoms with Gasteiger partial charge < -0.3 is 10.6 Å². The van der Waals surface area contributed by atoms with Gasteiger partial charge in [-0.1, -0.05) is 48.0 Å². The molecule has 2 N–H and O–H groups in total. The van der Waals surface area contributed by atoms with Crippen molar-refractivity contribution in [3.05, 3.63) is 81.3 Å². The topological polar surface area (TPSA) is 91.4 Å². The van der Waals surface area contributed by atoms with Crippen LogP contribution in [-0.2, 0) is 28.0 Å². The van der Waals surface area contributed by atoms with Crippen molar-refractivity contribution in [1.82, 2.24) is 15.2 Å². The molecule has 1 aliphatic carbocycles. The van der Waals surface area contributed by atoms with Gasteiger partial charge in [0, 0.05) is 22.5 Å². The summed E-state index contributed by atoms with van der Waals surface area (Å²) in [5, 5.41) is 6.67. The number of fused-ring (bicyclic) bond motifs is 2. The van der Waals surface area contributed by atoms with Gasteiger partial charge in [0.15, 0.2) is 5.13 Å². The molecule has 0 saturated carbocycles. The van der Waals surface area contributed by atoms with Gasteiger partial charge in [0.2, 0.25) is 5.91 Å². The fourth-order valence-corrected chi connectivity index (χ4v) is 5.50. The van der Waals surface area contributed by atoms with Gasteiger partial charge in [0.05, 0.1) is 0 Å². The van der Waals surface area contributed by atoms with Crippen molar-refractivity contribution in [3.8, 4) is 0 Å². The van der Waals surface area contributed by atoms with Crippen LogP contribution >= 0.6 is 22.9 Å². The fourth-order valence-electron chi connectivity index (χ4n) is 4.51. The average Bonchev–Trinajstić information content (AvgIpc) is 3.33. The minimum atomic E-state index is -1.08. The number of thiazole rings is 1. The third-order valence-electron chi connectivity index (χ3n) is 6.04. The Morgan fingerprint density at radius 1 is 1.18 bits per heavy atom. The van der Waals surface area contributed by atoms with Gasteiger partial charge in [-0.05, 0) is 48.1 Å². The number of nitrogens with one attached hydrogen (secondary N) is 2. The quantitative estimate of drug-likeness (QED) is 0.537. The number of aromatic nitrogens is 1. The number of rotatable bonds is 5. The molecular weight excluding hydrogens is 460 g/mol. The zero-order valence-electron chi connectivity index (χ0n) is 17.6. The lowest BCUT2D eigenvalue weighted by atomic mass is 9.76. The second kappa shape index (κ2) is 8.61. The lowest BCUT2D eigenvalue weighted by Gasteiger charge is -2.33. The lowest BCUT2D eigenvalue weighted by molar-refractivity contribution is -0.134. The van der Waals surface area contributed by atoms with Crippen LogP contribution in [0.5, 0.6) is 0 Å². The van der Waals surface area contributed by atoms with E-state index in [0.717, 1.165) is 39.3 Å². The van der Waals surface area contributed by atoms with Crippen molar-refractivity contribution in [2.45, 2.75) is 31.2 Å². The van der Waals surface area contributed by atoms with E-state index in [0.29, 0.717) is 23.0 Å². The lowest BCUT2D eigenvalue weighted by Crippen LogP contribution is -2.47. The summed E-state index contributed by atoms with van der Waals surface area (Å²) in [5.74, 6) is -0.843. The van der Waals surface area contributed by atoms with Gasteiger partial charge >= 0.3 is 6.03 Å². The second-order valence-corrected chi connectivity index (χ2v) is 9.77. The number of urea groups is 1. The van der Waals surface area contributed by atoms with Gasteiger partial charge in [0.1, 0.15) is 12.1 Å². The molecule has 0 radical (unpaired) electrons. The molecule has 1 atom stereocenters. The average molecular weight is 481 g/mol. The number of nitrogens with zero attached hydrogens (tertiary/aromatic N) is 2. The van der Waals surface area contributed by atoms with Crippen molar-refractivity contribution in [1.29, 1.82) is 0 Å². The summed E-state index contributed by atoms with van der Waals surface area (Å²) < 4.78 is 0. The normalized spacial score (nSPS) is 19.5. The van der Waals surface area contributed by atoms with Crippen LogP contribution in [0.15, 0.2) is 54.7 Å². The van der Waals surface area contributed by atoms with E-state index < -0.39 is 17.5 Å². The van der Waals surface area contributed by atoms with Crippen LogP contribution in [0, 0.1) is 0 Å². The summed E-state index contributed by atoms with van der Waals surface area (Å²) in [7, 11) is 0. The van der Waals surface area contributed by atoms with E-state index in [-0.39, 0.29) is 12.5 Å². The van der Waals surface area contributed by atoms with Gasteiger partial charge in [-0.3, -0.25) is 14.5 Å². The first-order valence-electron chi connectivity index (χ1n) is 10.7. The van der Waals surface area contributed by atoms with Crippen LogP contribution in [0.1, 0.15) is 34.4 Å². The molecule has 3 aromatic rings.